The summed E-state index contributed by atoms with van der Waals surface area (Å²) in [5, 5.41) is 5.95. The van der Waals surface area contributed by atoms with Gasteiger partial charge >= 0.3 is 0 Å². The number of hydrogen-bond donors (Lipinski definition) is 0. The van der Waals surface area contributed by atoms with Crippen molar-refractivity contribution in [3.8, 4) is 0 Å². The first-order valence-corrected chi connectivity index (χ1v) is 6.86. The number of carbonyl (C=O) groups excluding carboxylic acids is 1. The predicted octanol–water partition coefficient (Wildman–Crippen LogP) is 2.17. The van der Waals surface area contributed by atoms with Gasteiger partial charge in [0.1, 0.15) is 0 Å². The Labute approximate surface area is 109 Å². The zero-order chi connectivity index (χ0) is 12.5. The van der Waals surface area contributed by atoms with Crippen molar-refractivity contribution in [2.75, 3.05) is 6.54 Å². The lowest BCUT2D eigenvalue weighted by Gasteiger charge is -2.25. The molecule has 94 valence electrons. The van der Waals surface area contributed by atoms with Crippen molar-refractivity contribution in [2.45, 2.75) is 26.3 Å². The van der Waals surface area contributed by atoms with E-state index < -0.39 is 0 Å². The second-order valence-corrected chi connectivity index (χ2v) is 5.52. The first kappa shape index (κ1) is 11.5. The molecule has 1 amide bonds. The molecule has 4 nitrogen and oxygen atoms in total. The molecule has 18 heavy (non-hydrogen) atoms. The van der Waals surface area contributed by atoms with E-state index in [0.717, 1.165) is 29.3 Å². The lowest BCUT2D eigenvalue weighted by molar-refractivity contribution is -0.131. The van der Waals surface area contributed by atoms with Crippen LogP contribution < -0.4 is 0 Å². The fourth-order valence-electron chi connectivity index (χ4n) is 2.27. The SMILES string of the molecule is Cc1noc2c1CCN(C(=O)Cc1cccs1)C2. The Hall–Kier alpha value is -1.62. The van der Waals surface area contributed by atoms with Crippen LogP contribution in [-0.2, 0) is 24.2 Å². The Morgan fingerprint density at radius 1 is 1.61 bits per heavy atom. The number of thiophene rings is 1. The third-order valence-electron chi connectivity index (χ3n) is 3.29. The second-order valence-electron chi connectivity index (χ2n) is 4.49. The van der Waals surface area contributed by atoms with Crippen LogP contribution in [0, 0.1) is 6.92 Å². The van der Waals surface area contributed by atoms with Crippen LogP contribution in [0.2, 0.25) is 0 Å². The number of aryl methyl sites for hydroxylation is 1. The quantitative estimate of drug-likeness (QED) is 0.833. The summed E-state index contributed by atoms with van der Waals surface area (Å²) in [7, 11) is 0. The highest BCUT2D eigenvalue weighted by molar-refractivity contribution is 7.10. The molecular formula is C13H14N2O2S. The third kappa shape index (κ3) is 2.06. The van der Waals surface area contributed by atoms with Gasteiger partial charge in [-0.05, 0) is 24.8 Å². The molecule has 0 N–H and O–H groups in total. The minimum Gasteiger partial charge on any atom is -0.359 e. The number of carbonyl (C=O) groups is 1. The molecule has 0 radical (unpaired) electrons. The number of fused-ring (bicyclic) bond motifs is 1. The van der Waals surface area contributed by atoms with Gasteiger partial charge in [-0.2, -0.15) is 0 Å². The van der Waals surface area contributed by atoms with Crippen LogP contribution in [-0.4, -0.2) is 22.5 Å². The van der Waals surface area contributed by atoms with Crippen molar-refractivity contribution in [1.29, 1.82) is 0 Å². The van der Waals surface area contributed by atoms with Gasteiger partial charge in [0, 0.05) is 17.0 Å². The molecule has 3 heterocycles. The number of rotatable bonds is 2. The van der Waals surface area contributed by atoms with E-state index in [2.05, 4.69) is 5.16 Å². The highest BCUT2D eigenvalue weighted by Gasteiger charge is 2.25. The predicted molar refractivity (Wildman–Crippen MR) is 68.4 cm³/mol. The van der Waals surface area contributed by atoms with E-state index in [1.165, 1.54) is 5.56 Å². The molecule has 0 aliphatic carbocycles. The van der Waals surface area contributed by atoms with Crippen molar-refractivity contribution >= 4 is 17.2 Å². The zero-order valence-corrected chi connectivity index (χ0v) is 11.0. The van der Waals surface area contributed by atoms with Crippen molar-refractivity contribution in [3.05, 3.63) is 39.4 Å². The lowest BCUT2D eigenvalue weighted by Crippen LogP contribution is -2.36. The van der Waals surface area contributed by atoms with Gasteiger partial charge in [0.2, 0.25) is 5.91 Å². The molecule has 0 aromatic carbocycles. The largest absolute Gasteiger partial charge is 0.359 e. The van der Waals surface area contributed by atoms with E-state index in [9.17, 15) is 4.79 Å². The summed E-state index contributed by atoms with van der Waals surface area (Å²) in [6, 6.07) is 3.97. The molecule has 0 saturated heterocycles. The average Bonchev–Trinajstić information content (AvgIpc) is 2.99. The van der Waals surface area contributed by atoms with E-state index in [0.29, 0.717) is 13.0 Å². The molecule has 1 aliphatic heterocycles. The summed E-state index contributed by atoms with van der Waals surface area (Å²) >= 11 is 1.62. The molecule has 2 aromatic heterocycles. The minimum absolute atomic E-state index is 0.164. The van der Waals surface area contributed by atoms with E-state index in [1.807, 2.05) is 29.3 Å². The van der Waals surface area contributed by atoms with Crippen LogP contribution in [0.4, 0.5) is 0 Å². The van der Waals surface area contributed by atoms with Crippen LogP contribution in [0.15, 0.2) is 22.0 Å². The van der Waals surface area contributed by atoms with Crippen LogP contribution >= 0.6 is 11.3 Å². The second kappa shape index (κ2) is 4.57. The summed E-state index contributed by atoms with van der Waals surface area (Å²) in [6.07, 6.45) is 1.33. The molecule has 0 spiro atoms. The molecule has 3 rings (SSSR count). The molecule has 0 unspecified atom stereocenters. The first-order valence-electron chi connectivity index (χ1n) is 5.98. The molecular weight excluding hydrogens is 248 g/mol. The fourth-order valence-corrected chi connectivity index (χ4v) is 2.96. The number of aromatic nitrogens is 1. The summed E-state index contributed by atoms with van der Waals surface area (Å²) in [6.45, 7) is 3.27. The molecule has 0 saturated carbocycles. The Morgan fingerprint density at radius 2 is 2.50 bits per heavy atom. The van der Waals surface area contributed by atoms with Gasteiger partial charge in [-0.1, -0.05) is 11.2 Å². The van der Waals surface area contributed by atoms with Gasteiger partial charge in [0.05, 0.1) is 18.7 Å². The van der Waals surface area contributed by atoms with Gasteiger partial charge in [-0.3, -0.25) is 4.79 Å². The van der Waals surface area contributed by atoms with Crippen LogP contribution in [0.25, 0.3) is 0 Å². The molecule has 0 bridgehead atoms. The summed E-state index contributed by atoms with van der Waals surface area (Å²) in [5.74, 6) is 1.01. The van der Waals surface area contributed by atoms with Gasteiger partial charge in [-0.25, -0.2) is 0 Å². The smallest absolute Gasteiger partial charge is 0.228 e. The number of amides is 1. The van der Waals surface area contributed by atoms with Crippen molar-refractivity contribution in [3.63, 3.8) is 0 Å². The van der Waals surface area contributed by atoms with E-state index in [4.69, 9.17) is 4.52 Å². The van der Waals surface area contributed by atoms with Crippen molar-refractivity contribution in [1.82, 2.24) is 10.1 Å². The molecule has 2 aromatic rings. The Balaban J connectivity index is 1.70. The summed E-state index contributed by atoms with van der Waals surface area (Å²) in [5.41, 5.74) is 2.13. The maximum Gasteiger partial charge on any atom is 0.228 e. The highest BCUT2D eigenvalue weighted by Crippen LogP contribution is 2.22. The van der Waals surface area contributed by atoms with Crippen LogP contribution in [0.1, 0.15) is 21.9 Å². The summed E-state index contributed by atoms with van der Waals surface area (Å²) < 4.78 is 5.26. The molecule has 0 atom stereocenters. The Kier molecular flexibility index (Phi) is 2.91. The third-order valence-corrected chi connectivity index (χ3v) is 4.17. The van der Waals surface area contributed by atoms with Gasteiger partial charge in [-0.15, -0.1) is 11.3 Å². The van der Waals surface area contributed by atoms with Crippen molar-refractivity contribution < 1.29 is 9.32 Å². The van der Waals surface area contributed by atoms with E-state index in [-0.39, 0.29) is 5.91 Å². The molecule has 5 heteroatoms. The van der Waals surface area contributed by atoms with Gasteiger partial charge in [0.15, 0.2) is 5.76 Å². The van der Waals surface area contributed by atoms with Gasteiger partial charge < -0.3 is 9.42 Å². The lowest BCUT2D eigenvalue weighted by atomic mass is 10.1. The average molecular weight is 262 g/mol. The topological polar surface area (TPSA) is 46.3 Å². The van der Waals surface area contributed by atoms with Crippen LogP contribution in [0.5, 0.6) is 0 Å². The normalized spacial score (nSPS) is 14.6. The highest BCUT2D eigenvalue weighted by atomic mass is 32.1. The maximum atomic E-state index is 12.2. The monoisotopic (exact) mass is 262 g/mol. The summed E-state index contributed by atoms with van der Waals surface area (Å²) in [4.78, 5) is 15.1. The fraction of sp³-hybridized carbons (Fsp3) is 0.385. The molecule has 0 fully saturated rings. The van der Waals surface area contributed by atoms with E-state index in [1.54, 1.807) is 11.3 Å². The Morgan fingerprint density at radius 3 is 3.28 bits per heavy atom. The minimum atomic E-state index is 0.164. The standard InChI is InChI=1S/C13H14N2O2S/c1-9-11-4-5-15(8-12(11)17-14-9)13(16)7-10-3-2-6-18-10/h2-3,6H,4-5,7-8H2,1H3. The van der Waals surface area contributed by atoms with E-state index >= 15 is 0 Å². The number of hydrogen-bond acceptors (Lipinski definition) is 4. The maximum absolute atomic E-state index is 12.2. The van der Waals surface area contributed by atoms with Crippen LogP contribution in [0.3, 0.4) is 0 Å². The van der Waals surface area contributed by atoms with Crippen molar-refractivity contribution in [2.24, 2.45) is 0 Å². The molecule has 1 aliphatic rings. The number of nitrogens with zero attached hydrogens (tertiary/aromatic N) is 2. The van der Waals surface area contributed by atoms with Gasteiger partial charge in [0.25, 0.3) is 0 Å². The Bertz CT molecular complexity index is 560. The zero-order valence-electron chi connectivity index (χ0n) is 10.2. The first-order chi connectivity index (χ1) is 8.74.